The zero-order valence-corrected chi connectivity index (χ0v) is 11.1. The molecule has 2 saturated carbocycles. The summed E-state index contributed by atoms with van der Waals surface area (Å²) in [6.45, 7) is 0. The lowest BCUT2D eigenvalue weighted by molar-refractivity contribution is -0.137. The number of benzene rings is 1. The fourth-order valence-electron chi connectivity index (χ4n) is 3.29. The predicted octanol–water partition coefficient (Wildman–Crippen LogP) is 3.81. The van der Waals surface area contributed by atoms with Gasteiger partial charge in [-0.2, -0.15) is 13.2 Å². The predicted molar refractivity (Wildman–Crippen MR) is 69.7 cm³/mol. The number of hydrogen-bond acceptors (Lipinski definition) is 2. The number of fused-ring (bicyclic) bond motifs is 2. The third-order valence-electron chi connectivity index (χ3n) is 4.31. The van der Waals surface area contributed by atoms with Gasteiger partial charge in [0, 0.05) is 17.1 Å². The van der Waals surface area contributed by atoms with Crippen molar-refractivity contribution in [2.24, 2.45) is 11.8 Å². The number of halogens is 3. The highest BCUT2D eigenvalue weighted by Crippen LogP contribution is 2.45. The van der Waals surface area contributed by atoms with Crippen LogP contribution in [0.15, 0.2) is 35.9 Å². The molecule has 0 radical (unpaired) electrons. The Kier molecular flexibility index (Phi) is 3.23. The van der Waals surface area contributed by atoms with Crippen LogP contribution in [0.3, 0.4) is 0 Å². The minimum absolute atomic E-state index is 0.0353. The van der Waals surface area contributed by atoms with Gasteiger partial charge in [-0.05, 0) is 37.3 Å². The van der Waals surface area contributed by atoms with Gasteiger partial charge in [0.1, 0.15) is 0 Å². The highest BCUT2D eigenvalue weighted by molar-refractivity contribution is 6.12. The van der Waals surface area contributed by atoms with Crippen LogP contribution >= 0.6 is 0 Å². The van der Waals surface area contributed by atoms with Gasteiger partial charge >= 0.3 is 6.18 Å². The Hall–Kier alpha value is -1.91. The summed E-state index contributed by atoms with van der Waals surface area (Å²) in [5, 5.41) is 0. The highest BCUT2D eigenvalue weighted by Gasteiger charge is 2.43. The number of carbonyl (C=O) groups is 2. The first-order valence-corrected chi connectivity index (χ1v) is 6.84. The van der Waals surface area contributed by atoms with E-state index in [0.29, 0.717) is 5.57 Å². The van der Waals surface area contributed by atoms with Crippen LogP contribution in [0.5, 0.6) is 0 Å². The molecule has 3 rings (SSSR count). The zero-order valence-electron chi connectivity index (χ0n) is 11.1. The average molecular weight is 294 g/mol. The van der Waals surface area contributed by atoms with Crippen molar-refractivity contribution in [1.82, 2.24) is 0 Å². The molecule has 2 nitrogen and oxygen atoms in total. The first kappa shape index (κ1) is 14.0. The molecule has 2 aliphatic rings. The van der Waals surface area contributed by atoms with Gasteiger partial charge in [-0.3, -0.25) is 9.59 Å². The molecule has 110 valence electrons. The number of allylic oxidation sites excluding steroid dienone is 2. The first-order valence-electron chi connectivity index (χ1n) is 6.84. The Morgan fingerprint density at radius 3 is 2.43 bits per heavy atom. The number of carbonyl (C=O) groups excluding carboxylic acids is 2. The summed E-state index contributed by atoms with van der Waals surface area (Å²) in [6, 6.07) is 4.67. The Bertz CT molecular complexity index is 643. The normalized spacial score (nSPS) is 26.6. The lowest BCUT2D eigenvalue weighted by atomic mass is 9.91. The van der Waals surface area contributed by atoms with E-state index in [4.69, 9.17) is 0 Å². The Balaban J connectivity index is 1.96. The van der Waals surface area contributed by atoms with E-state index in [0.717, 1.165) is 37.5 Å². The van der Waals surface area contributed by atoms with E-state index >= 15 is 0 Å². The van der Waals surface area contributed by atoms with Crippen LogP contribution in [0.1, 0.15) is 35.2 Å². The fraction of sp³-hybridized carbons (Fsp3) is 0.375. The summed E-state index contributed by atoms with van der Waals surface area (Å²) >= 11 is 0. The Morgan fingerprint density at radius 2 is 1.81 bits per heavy atom. The van der Waals surface area contributed by atoms with Gasteiger partial charge in [0.05, 0.1) is 5.56 Å². The van der Waals surface area contributed by atoms with Crippen LogP contribution in [0.4, 0.5) is 13.2 Å². The number of hydrogen-bond donors (Lipinski definition) is 0. The van der Waals surface area contributed by atoms with E-state index in [9.17, 15) is 22.8 Å². The maximum atomic E-state index is 12.9. The smallest absolute Gasteiger partial charge is 0.294 e. The summed E-state index contributed by atoms with van der Waals surface area (Å²) < 4.78 is 38.7. The number of rotatable bonds is 2. The summed E-state index contributed by atoms with van der Waals surface area (Å²) in [5.41, 5.74) is -0.941. The monoisotopic (exact) mass is 294 g/mol. The van der Waals surface area contributed by atoms with Crippen LogP contribution < -0.4 is 0 Å². The number of ketones is 2. The molecular formula is C16H13F3O2. The third-order valence-corrected chi connectivity index (χ3v) is 4.31. The second-order valence-corrected chi connectivity index (χ2v) is 5.58. The standard InChI is InChI=1S/C16H13F3O2/c17-16(18,19)13-4-2-1-3-11(13)14(20)8-12-9-5-6-10(7-9)15(12)21/h1-4,8-10H,5-7H2/b12-8+. The van der Waals surface area contributed by atoms with Gasteiger partial charge in [0.2, 0.25) is 0 Å². The second kappa shape index (κ2) is 4.83. The molecule has 0 aromatic heterocycles. The first-order chi connectivity index (χ1) is 9.88. The SMILES string of the molecule is O=C(/C=C1/C(=O)C2CCC1C2)c1ccccc1C(F)(F)F. The van der Waals surface area contributed by atoms with Crippen molar-refractivity contribution in [3.63, 3.8) is 0 Å². The van der Waals surface area contributed by atoms with Crippen molar-refractivity contribution < 1.29 is 22.8 Å². The molecular weight excluding hydrogens is 281 g/mol. The quantitative estimate of drug-likeness (QED) is 0.614. The zero-order chi connectivity index (χ0) is 15.2. The fourth-order valence-corrected chi connectivity index (χ4v) is 3.29. The minimum Gasteiger partial charge on any atom is -0.294 e. The van der Waals surface area contributed by atoms with E-state index in [1.54, 1.807) is 0 Å². The third kappa shape index (κ3) is 2.41. The van der Waals surface area contributed by atoms with E-state index in [1.807, 2.05) is 0 Å². The van der Waals surface area contributed by atoms with Gasteiger partial charge in [0.25, 0.3) is 0 Å². The van der Waals surface area contributed by atoms with Crippen LogP contribution in [0.25, 0.3) is 0 Å². The van der Waals surface area contributed by atoms with Gasteiger partial charge in [-0.25, -0.2) is 0 Å². The number of alkyl halides is 3. The molecule has 0 heterocycles. The molecule has 0 saturated heterocycles. The molecule has 0 spiro atoms. The maximum absolute atomic E-state index is 12.9. The van der Waals surface area contributed by atoms with Gasteiger partial charge < -0.3 is 0 Å². The molecule has 1 aromatic carbocycles. The van der Waals surface area contributed by atoms with Gasteiger partial charge in [0.15, 0.2) is 11.6 Å². The highest BCUT2D eigenvalue weighted by atomic mass is 19.4. The molecule has 2 atom stereocenters. The van der Waals surface area contributed by atoms with Crippen molar-refractivity contribution in [3.8, 4) is 0 Å². The molecule has 2 fully saturated rings. The summed E-state index contributed by atoms with van der Waals surface area (Å²) in [7, 11) is 0. The Labute approximate surface area is 119 Å². The van der Waals surface area contributed by atoms with Crippen LogP contribution in [0, 0.1) is 11.8 Å². The lowest BCUT2D eigenvalue weighted by Crippen LogP contribution is -2.16. The molecule has 0 N–H and O–H groups in total. The van der Waals surface area contributed by atoms with Crippen LogP contribution in [-0.2, 0) is 11.0 Å². The topological polar surface area (TPSA) is 34.1 Å². The van der Waals surface area contributed by atoms with Crippen molar-refractivity contribution >= 4 is 11.6 Å². The summed E-state index contributed by atoms with van der Waals surface area (Å²) in [6.07, 6.45) is -1.05. The van der Waals surface area contributed by atoms with Gasteiger partial charge in [-0.15, -0.1) is 0 Å². The average Bonchev–Trinajstić information content (AvgIpc) is 3.01. The van der Waals surface area contributed by atoms with E-state index < -0.39 is 23.1 Å². The van der Waals surface area contributed by atoms with Crippen molar-refractivity contribution in [2.75, 3.05) is 0 Å². The van der Waals surface area contributed by atoms with E-state index in [2.05, 4.69) is 0 Å². The number of Topliss-reactive ketones (excluding diaryl/α,β-unsaturated/α-hetero) is 1. The lowest BCUT2D eigenvalue weighted by Gasteiger charge is -2.13. The summed E-state index contributed by atoms with van der Waals surface area (Å²) in [4.78, 5) is 24.1. The van der Waals surface area contributed by atoms with Crippen LogP contribution in [0.2, 0.25) is 0 Å². The molecule has 0 aliphatic heterocycles. The molecule has 21 heavy (non-hydrogen) atoms. The molecule has 2 bridgehead atoms. The molecule has 5 heteroatoms. The van der Waals surface area contributed by atoms with Crippen molar-refractivity contribution in [2.45, 2.75) is 25.4 Å². The molecule has 0 amide bonds. The van der Waals surface area contributed by atoms with E-state index in [1.165, 1.54) is 12.1 Å². The largest absolute Gasteiger partial charge is 0.417 e. The van der Waals surface area contributed by atoms with Crippen molar-refractivity contribution in [1.29, 1.82) is 0 Å². The molecule has 1 aromatic rings. The molecule has 2 aliphatic carbocycles. The van der Waals surface area contributed by atoms with Crippen LogP contribution in [-0.4, -0.2) is 11.6 Å². The second-order valence-electron chi connectivity index (χ2n) is 5.58. The summed E-state index contributed by atoms with van der Waals surface area (Å²) in [5.74, 6) is -0.792. The van der Waals surface area contributed by atoms with E-state index in [-0.39, 0.29) is 17.6 Å². The maximum Gasteiger partial charge on any atom is 0.417 e. The molecule has 2 unspecified atom stereocenters. The van der Waals surface area contributed by atoms with Gasteiger partial charge in [-0.1, -0.05) is 18.2 Å². The Morgan fingerprint density at radius 1 is 1.14 bits per heavy atom. The van der Waals surface area contributed by atoms with Crippen molar-refractivity contribution in [3.05, 3.63) is 47.0 Å². The minimum atomic E-state index is -4.58.